The highest BCUT2D eigenvalue weighted by Crippen LogP contribution is 2.33. The summed E-state index contributed by atoms with van der Waals surface area (Å²) in [6.07, 6.45) is 1.13. The molecule has 0 bridgehead atoms. The minimum Gasteiger partial charge on any atom is -0.434 e. The van der Waals surface area contributed by atoms with E-state index in [1.165, 1.54) is 0 Å². The monoisotopic (exact) mass is 428 g/mol. The molecule has 6 nitrogen and oxygen atoms in total. The molecule has 0 aromatic heterocycles. The first-order valence-electron chi connectivity index (χ1n) is 9.92. The zero-order chi connectivity index (χ0) is 20.7. The van der Waals surface area contributed by atoms with Gasteiger partial charge in [-0.25, -0.2) is 0 Å². The molecule has 1 aromatic carbocycles. The third kappa shape index (κ3) is 5.96. The van der Waals surface area contributed by atoms with E-state index in [1.807, 2.05) is 24.8 Å². The number of nitrogens with zero attached hydrogens (tertiary/aromatic N) is 2. The number of ether oxygens (including phenoxy) is 2. The van der Waals surface area contributed by atoms with Crippen LogP contribution in [0.4, 0.5) is 8.78 Å². The number of halogens is 2. The van der Waals surface area contributed by atoms with Crippen LogP contribution in [0.5, 0.6) is 5.75 Å². The molecule has 0 spiro atoms. The van der Waals surface area contributed by atoms with Crippen molar-refractivity contribution in [3.8, 4) is 5.75 Å². The minimum atomic E-state index is -2.85. The van der Waals surface area contributed by atoms with E-state index < -0.39 is 6.61 Å². The molecule has 0 saturated carbocycles. The van der Waals surface area contributed by atoms with Gasteiger partial charge in [0.2, 0.25) is 0 Å². The second kappa shape index (κ2) is 10.4. The lowest BCUT2D eigenvalue weighted by Gasteiger charge is -2.43. The molecular formula is C20H30F2N4O2S. The van der Waals surface area contributed by atoms with E-state index in [1.54, 1.807) is 19.2 Å². The van der Waals surface area contributed by atoms with Gasteiger partial charge in [0.1, 0.15) is 5.75 Å². The van der Waals surface area contributed by atoms with Gasteiger partial charge in [0.05, 0.1) is 13.2 Å². The van der Waals surface area contributed by atoms with Crippen molar-refractivity contribution in [2.24, 2.45) is 4.99 Å². The maximum absolute atomic E-state index is 12.7. The number of hydrogen-bond donors (Lipinski definition) is 2. The number of thioether (sulfide) groups is 1. The van der Waals surface area contributed by atoms with Crippen LogP contribution >= 0.6 is 11.8 Å². The van der Waals surface area contributed by atoms with Gasteiger partial charge in [-0.1, -0.05) is 17.7 Å². The fraction of sp³-hybridized carbons (Fsp3) is 0.650. The first kappa shape index (κ1) is 22.1. The lowest BCUT2D eigenvalue weighted by atomic mass is 9.95. The summed E-state index contributed by atoms with van der Waals surface area (Å²) < 4.78 is 35.5. The number of aryl methyl sites for hydroxylation is 1. The normalized spacial score (nSPS) is 23.4. The number of benzene rings is 1. The van der Waals surface area contributed by atoms with E-state index in [9.17, 15) is 8.78 Å². The Labute approximate surface area is 175 Å². The van der Waals surface area contributed by atoms with Gasteiger partial charge < -0.3 is 20.1 Å². The molecule has 1 unspecified atom stereocenters. The molecule has 1 atom stereocenters. The summed E-state index contributed by atoms with van der Waals surface area (Å²) in [6.45, 7) is 3.67. The van der Waals surface area contributed by atoms with Gasteiger partial charge in [0.25, 0.3) is 0 Å². The van der Waals surface area contributed by atoms with E-state index in [-0.39, 0.29) is 11.3 Å². The highest BCUT2D eigenvalue weighted by molar-refractivity contribution is 7.99. The lowest BCUT2D eigenvalue weighted by molar-refractivity contribution is -0.0504. The zero-order valence-corrected chi connectivity index (χ0v) is 17.9. The van der Waals surface area contributed by atoms with Crippen molar-refractivity contribution in [1.82, 2.24) is 15.5 Å². The largest absolute Gasteiger partial charge is 0.434 e. The van der Waals surface area contributed by atoms with E-state index in [0.29, 0.717) is 18.1 Å². The number of morpholine rings is 1. The second-order valence-electron chi connectivity index (χ2n) is 7.40. The average molecular weight is 429 g/mol. The predicted molar refractivity (Wildman–Crippen MR) is 113 cm³/mol. The maximum Gasteiger partial charge on any atom is 0.387 e. The van der Waals surface area contributed by atoms with Crippen molar-refractivity contribution >= 4 is 17.7 Å². The molecule has 2 saturated heterocycles. The number of hydrogen-bond acceptors (Lipinski definition) is 5. The summed E-state index contributed by atoms with van der Waals surface area (Å²) in [7, 11) is 1.72. The molecule has 2 heterocycles. The topological polar surface area (TPSA) is 58.1 Å². The standard InChI is InChI=1S/C20H30F2N4O2S/c1-15-3-4-17(28-18(21)22)16(11-15)12-24-19(23-2)25-13-20(5-10-29-14-20)26-6-8-27-9-7-26/h3-4,11,18H,5-10,12-14H2,1-2H3,(H2,23,24,25). The van der Waals surface area contributed by atoms with Crippen LogP contribution in [0.2, 0.25) is 0 Å². The first-order chi connectivity index (χ1) is 14.0. The van der Waals surface area contributed by atoms with Crippen LogP contribution in [0, 0.1) is 6.92 Å². The Hall–Kier alpha value is -1.58. The van der Waals surface area contributed by atoms with Crippen molar-refractivity contribution < 1.29 is 18.3 Å². The summed E-state index contributed by atoms with van der Waals surface area (Å²) in [6, 6.07) is 5.19. The predicted octanol–water partition coefficient (Wildman–Crippen LogP) is 2.47. The molecule has 0 amide bonds. The SMILES string of the molecule is CN=C(NCc1cc(C)ccc1OC(F)F)NCC1(N2CCOCC2)CCSC1. The summed E-state index contributed by atoms with van der Waals surface area (Å²) >= 11 is 1.98. The van der Waals surface area contributed by atoms with Crippen molar-refractivity contribution in [1.29, 1.82) is 0 Å². The van der Waals surface area contributed by atoms with E-state index in [4.69, 9.17) is 4.74 Å². The Bertz CT molecular complexity index is 693. The zero-order valence-electron chi connectivity index (χ0n) is 17.0. The van der Waals surface area contributed by atoms with Gasteiger partial charge in [-0.2, -0.15) is 20.5 Å². The number of aliphatic imine (C=N–C) groups is 1. The van der Waals surface area contributed by atoms with Crippen LogP contribution in [0.15, 0.2) is 23.2 Å². The van der Waals surface area contributed by atoms with Crippen molar-refractivity contribution in [2.75, 3.05) is 51.4 Å². The second-order valence-corrected chi connectivity index (χ2v) is 8.50. The Kier molecular flexibility index (Phi) is 7.97. The first-order valence-corrected chi connectivity index (χ1v) is 11.1. The molecule has 2 aliphatic rings. The number of rotatable bonds is 7. The summed E-state index contributed by atoms with van der Waals surface area (Å²) in [5, 5.41) is 6.68. The van der Waals surface area contributed by atoms with Gasteiger partial charge in [0.15, 0.2) is 5.96 Å². The molecule has 2 N–H and O–H groups in total. The van der Waals surface area contributed by atoms with Gasteiger partial charge in [-0.15, -0.1) is 0 Å². The summed E-state index contributed by atoms with van der Waals surface area (Å²) in [5.41, 5.74) is 1.76. The van der Waals surface area contributed by atoms with Gasteiger partial charge in [-0.3, -0.25) is 9.89 Å². The highest BCUT2D eigenvalue weighted by atomic mass is 32.2. The minimum absolute atomic E-state index is 0.0966. The van der Waals surface area contributed by atoms with Crippen LogP contribution in [0.3, 0.4) is 0 Å². The molecular weight excluding hydrogens is 398 g/mol. The maximum atomic E-state index is 12.7. The third-order valence-electron chi connectivity index (χ3n) is 5.45. The van der Waals surface area contributed by atoms with Gasteiger partial charge >= 0.3 is 6.61 Å². The fourth-order valence-electron chi connectivity index (χ4n) is 3.84. The van der Waals surface area contributed by atoms with E-state index in [2.05, 4.69) is 25.3 Å². The molecule has 162 valence electrons. The van der Waals surface area contributed by atoms with Gasteiger partial charge in [-0.05, 0) is 25.2 Å². The molecule has 9 heteroatoms. The molecule has 29 heavy (non-hydrogen) atoms. The van der Waals surface area contributed by atoms with Crippen molar-refractivity contribution in [3.05, 3.63) is 29.3 Å². The molecule has 0 aliphatic carbocycles. The Balaban J connectivity index is 1.60. The molecule has 2 fully saturated rings. The molecule has 2 aliphatic heterocycles. The Morgan fingerprint density at radius 2 is 2.14 bits per heavy atom. The average Bonchev–Trinajstić information content (AvgIpc) is 3.20. The van der Waals surface area contributed by atoms with Crippen LogP contribution < -0.4 is 15.4 Å². The van der Waals surface area contributed by atoms with Crippen LogP contribution in [-0.2, 0) is 11.3 Å². The molecule has 1 aromatic rings. The van der Waals surface area contributed by atoms with Crippen LogP contribution in [-0.4, -0.2) is 74.4 Å². The molecule has 0 radical (unpaired) electrons. The number of alkyl halides is 2. The van der Waals surface area contributed by atoms with E-state index >= 15 is 0 Å². The quantitative estimate of drug-likeness (QED) is 0.514. The summed E-state index contributed by atoms with van der Waals surface area (Å²) in [5.74, 6) is 3.08. The smallest absolute Gasteiger partial charge is 0.387 e. The fourth-order valence-corrected chi connectivity index (χ4v) is 5.32. The number of nitrogens with one attached hydrogen (secondary N) is 2. The summed E-state index contributed by atoms with van der Waals surface area (Å²) in [4.78, 5) is 6.84. The van der Waals surface area contributed by atoms with Crippen LogP contribution in [0.25, 0.3) is 0 Å². The third-order valence-corrected chi connectivity index (χ3v) is 6.69. The Morgan fingerprint density at radius 1 is 1.34 bits per heavy atom. The molecule has 3 rings (SSSR count). The highest BCUT2D eigenvalue weighted by Gasteiger charge is 2.40. The lowest BCUT2D eigenvalue weighted by Crippen LogP contribution is -2.60. The number of guanidine groups is 1. The van der Waals surface area contributed by atoms with Crippen LogP contribution in [0.1, 0.15) is 17.5 Å². The van der Waals surface area contributed by atoms with E-state index in [0.717, 1.165) is 56.3 Å². The Morgan fingerprint density at radius 3 is 2.79 bits per heavy atom. The van der Waals surface area contributed by atoms with Gasteiger partial charge in [0, 0.05) is 50.1 Å². The van der Waals surface area contributed by atoms with Crippen molar-refractivity contribution in [3.63, 3.8) is 0 Å². The van der Waals surface area contributed by atoms with Crippen molar-refractivity contribution in [2.45, 2.75) is 32.0 Å².